The van der Waals surface area contributed by atoms with E-state index >= 15 is 0 Å². The largest absolute Gasteiger partial charge is 0.399 e. The number of rotatable bonds is 2. The van der Waals surface area contributed by atoms with Crippen LogP contribution in [0.25, 0.3) is 22.3 Å². The number of benzene rings is 4. The predicted octanol–water partition coefficient (Wildman–Crippen LogP) is 6.07. The Morgan fingerprint density at radius 2 is 0.833 bits per heavy atom. The number of aryl methyl sites for hydroxylation is 4. The molecule has 0 spiro atoms. The second-order valence-electron chi connectivity index (χ2n) is 8.23. The second-order valence-corrected chi connectivity index (χ2v) is 8.23. The van der Waals surface area contributed by atoms with Crippen molar-refractivity contribution >= 4 is 11.4 Å². The third kappa shape index (κ3) is 3.69. The Hall–Kier alpha value is -3.52. The molecule has 4 N–H and O–H groups in total. The fraction of sp³-hybridized carbons (Fsp3) is 0.143. The monoisotopic (exact) mass is 390 g/mol. The highest BCUT2D eigenvalue weighted by molar-refractivity contribution is 5.72. The van der Waals surface area contributed by atoms with Crippen LogP contribution in [0.3, 0.4) is 0 Å². The van der Waals surface area contributed by atoms with Gasteiger partial charge in [0.05, 0.1) is 0 Å². The van der Waals surface area contributed by atoms with Crippen molar-refractivity contribution in [2.45, 2.75) is 25.7 Å². The first-order chi connectivity index (χ1) is 14.7. The molecule has 4 aliphatic rings. The third-order valence-electron chi connectivity index (χ3n) is 6.16. The summed E-state index contributed by atoms with van der Waals surface area (Å²) < 4.78 is 0. The van der Waals surface area contributed by atoms with Crippen molar-refractivity contribution in [1.82, 2.24) is 0 Å². The zero-order chi connectivity index (χ0) is 20.5. The lowest BCUT2D eigenvalue weighted by Crippen LogP contribution is -2.02. The highest BCUT2D eigenvalue weighted by atomic mass is 14.5. The highest BCUT2D eigenvalue weighted by Gasteiger charge is 2.13. The second kappa shape index (κ2) is 7.72. The normalized spacial score (nSPS) is 13.1. The summed E-state index contributed by atoms with van der Waals surface area (Å²) >= 11 is 0. The molecule has 0 aromatic heterocycles. The molecule has 2 heteroatoms. The Balaban J connectivity index is 1.55. The van der Waals surface area contributed by atoms with Crippen molar-refractivity contribution in [3.05, 3.63) is 107 Å². The Morgan fingerprint density at radius 3 is 1.23 bits per heavy atom. The molecule has 0 heterocycles. The Bertz CT molecular complexity index is 1090. The van der Waals surface area contributed by atoms with E-state index in [-0.39, 0.29) is 0 Å². The molecule has 0 atom stereocenters. The summed E-state index contributed by atoms with van der Waals surface area (Å²) in [5.41, 5.74) is 24.1. The minimum absolute atomic E-state index is 0.806. The van der Waals surface area contributed by atoms with Crippen LogP contribution in [0.5, 0.6) is 0 Å². The molecule has 2 nitrogen and oxygen atoms in total. The maximum absolute atomic E-state index is 5.91. The van der Waals surface area contributed by atoms with Gasteiger partial charge >= 0.3 is 0 Å². The lowest BCUT2D eigenvalue weighted by molar-refractivity contribution is 0.925. The molecular formula is C28H26N2. The van der Waals surface area contributed by atoms with Crippen LogP contribution < -0.4 is 11.5 Å². The molecule has 4 bridgehead atoms. The number of nitrogens with two attached hydrogens (primary N) is 2. The minimum Gasteiger partial charge on any atom is -0.399 e. The van der Waals surface area contributed by atoms with E-state index in [9.17, 15) is 0 Å². The fourth-order valence-electron chi connectivity index (χ4n) is 4.42. The predicted molar refractivity (Wildman–Crippen MR) is 127 cm³/mol. The maximum Gasteiger partial charge on any atom is 0.0314 e. The molecule has 0 unspecified atom stereocenters. The summed E-state index contributed by atoms with van der Waals surface area (Å²) in [5, 5.41) is 0. The van der Waals surface area contributed by atoms with Gasteiger partial charge in [0.2, 0.25) is 0 Å². The summed E-state index contributed by atoms with van der Waals surface area (Å²) in [4.78, 5) is 0. The summed E-state index contributed by atoms with van der Waals surface area (Å²) in [6.45, 7) is 0. The Labute approximate surface area is 178 Å². The molecule has 8 rings (SSSR count). The molecule has 0 aliphatic heterocycles. The molecule has 0 radical (unpaired) electrons. The summed E-state index contributed by atoms with van der Waals surface area (Å²) in [7, 11) is 0. The number of anilines is 2. The molecular weight excluding hydrogens is 364 g/mol. The third-order valence-corrected chi connectivity index (χ3v) is 6.16. The minimum atomic E-state index is 0.806. The van der Waals surface area contributed by atoms with E-state index in [1.807, 2.05) is 24.3 Å². The average molecular weight is 391 g/mol. The molecule has 30 heavy (non-hydrogen) atoms. The zero-order valence-corrected chi connectivity index (χ0v) is 17.1. The van der Waals surface area contributed by atoms with E-state index in [1.165, 1.54) is 44.5 Å². The van der Waals surface area contributed by atoms with E-state index in [4.69, 9.17) is 11.5 Å². The lowest BCUT2D eigenvalue weighted by atomic mass is 9.87. The number of nitrogen functional groups attached to an aromatic ring is 2. The fourth-order valence-corrected chi connectivity index (χ4v) is 4.42. The van der Waals surface area contributed by atoms with Gasteiger partial charge in [-0.1, -0.05) is 60.7 Å². The molecule has 4 aliphatic carbocycles. The molecule has 4 aromatic rings. The van der Waals surface area contributed by atoms with Crippen LogP contribution in [0, 0.1) is 0 Å². The van der Waals surface area contributed by atoms with Crippen molar-refractivity contribution in [2.75, 3.05) is 11.5 Å². The van der Waals surface area contributed by atoms with Crippen LogP contribution in [0.1, 0.15) is 22.3 Å². The molecule has 4 aromatic carbocycles. The van der Waals surface area contributed by atoms with Crippen LogP contribution in [-0.4, -0.2) is 0 Å². The standard InChI is InChI=1S/C28H26N2/c29-25-13-9-23(10-14-25)27-17-19-1-5-21(27)8-4-20-2-6-22(7-3-19)28(18-20)24-11-15-26(30)16-12-24/h1-2,5-6,9-18H,3-4,7-8,29-30H2. The lowest BCUT2D eigenvalue weighted by Gasteiger charge is -2.17. The van der Waals surface area contributed by atoms with E-state index in [0.717, 1.165) is 37.1 Å². The van der Waals surface area contributed by atoms with Crippen LogP contribution in [-0.2, 0) is 25.7 Å². The molecule has 0 saturated heterocycles. The van der Waals surface area contributed by atoms with Gasteiger partial charge in [-0.2, -0.15) is 0 Å². The topological polar surface area (TPSA) is 52.0 Å². The van der Waals surface area contributed by atoms with Gasteiger partial charge in [-0.15, -0.1) is 0 Å². The average Bonchev–Trinajstić information content (AvgIpc) is 2.76. The number of hydrogen-bond acceptors (Lipinski definition) is 2. The van der Waals surface area contributed by atoms with E-state index in [0.29, 0.717) is 0 Å². The van der Waals surface area contributed by atoms with Crippen molar-refractivity contribution in [3.63, 3.8) is 0 Å². The summed E-state index contributed by atoms with van der Waals surface area (Å²) in [6, 6.07) is 30.5. The van der Waals surface area contributed by atoms with E-state index < -0.39 is 0 Å². The van der Waals surface area contributed by atoms with Gasteiger partial charge in [0.1, 0.15) is 0 Å². The van der Waals surface area contributed by atoms with Gasteiger partial charge in [0.25, 0.3) is 0 Å². The Kier molecular flexibility index (Phi) is 4.76. The molecule has 0 saturated carbocycles. The van der Waals surface area contributed by atoms with Gasteiger partial charge < -0.3 is 11.5 Å². The maximum atomic E-state index is 5.91. The summed E-state index contributed by atoms with van der Waals surface area (Å²) in [5.74, 6) is 0. The summed E-state index contributed by atoms with van der Waals surface area (Å²) in [6.07, 6.45) is 4.06. The van der Waals surface area contributed by atoms with Crippen molar-refractivity contribution in [3.8, 4) is 22.3 Å². The van der Waals surface area contributed by atoms with Gasteiger partial charge in [-0.05, 0) is 94.5 Å². The van der Waals surface area contributed by atoms with Crippen LogP contribution in [0.15, 0.2) is 84.9 Å². The van der Waals surface area contributed by atoms with Crippen molar-refractivity contribution < 1.29 is 0 Å². The SMILES string of the molecule is Nc1ccc(-c2cc3ccc2CCc2ccc(c(-c4ccc(N)cc4)c2)CC3)cc1. The highest BCUT2D eigenvalue weighted by Crippen LogP contribution is 2.32. The van der Waals surface area contributed by atoms with Crippen LogP contribution in [0.2, 0.25) is 0 Å². The van der Waals surface area contributed by atoms with E-state index in [1.54, 1.807) is 0 Å². The van der Waals surface area contributed by atoms with Crippen LogP contribution >= 0.6 is 0 Å². The van der Waals surface area contributed by atoms with Crippen molar-refractivity contribution in [1.29, 1.82) is 0 Å². The zero-order valence-electron chi connectivity index (χ0n) is 17.1. The van der Waals surface area contributed by atoms with Gasteiger partial charge in [-0.25, -0.2) is 0 Å². The smallest absolute Gasteiger partial charge is 0.0314 e. The molecule has 148 valence electrons. The van der Waals surface area contributed by atoms with Crippen LogP contribution in [0.4, 0.5) is 11.4 Å². The molecule has 0 amide bonds. The van der Waals surface area contributed by atoms with Gasteiger partial charge in [-0.3, -0.25) is 0 Å². The Morgan fingerprint density at radius 1 is 0.433 bits per heavy atom. The first-order valence-corrected chi connectivity index (χ1v) is 10.6. The molecule has 0 fully saturated rings. The van der Waals surface area contributed by atoms with Crippen molar-refractivity contribution in [2.24, 2.45) is 0 Å². The number of hydrogen-bond donors (Lipinski definition) is 2. The first-order valence-electron chi connectivity index (χ1n) is 10.6. The van der Waals surface area contributed by atoms with Gasteiger partial charge in [0.15, 0.2) is 0 Å². The first kappa shape index (κ1) is 18.5. The quantitative estimate of drug-likeness (QED) is 0.408. The van der Waals surface area contributed by atoms with Gasteiger partial charge in [0, 0.05) is 11.4 Å². The van der Waals surface area contributed by atoms with E-state index in [2.05, 4.69) is 60.7 Å².